The predicted molar refractivity (Wildman–Crippen MR) is 154 cm³/mol. The molecule has 4 rings (SSSR count). The van der Waals surface area contributed by atoms with Crippen molar-refractivity contribution in [1.29, 1.82) is 0 Å². The summed E-state index contributed by atoms with van der Waals surface area (Å²) in [6, 6.07) is 28.8. The summed E-state index contributed by atoms with van der Waals surface area (Å²) >= 11 is 0. The van der Waals surface area contributed by atoms with Gasteiger partial charge in [0.05, 0.1) is 13.7 Å². The second-order valence-electron chi connectivity index (χ2n) is 10.3. The lowest BCUT2D eigenvalue weighted by molar-refractivity contribution is 0.0594. The third-order valence-corrected chi connectivity index (χ3v) is 11.6. The molecule has 1 amide bonds. The van der Waals surface area contributed by atoms with Gasteiger partial charge in [-0.05, 0) is 21.0 Å². The minimum atomic E-state index is -2.94. The second kappa shape index (κ2) is 12.8. The summed E-state index contributed by atoms with van der Waals surface area (Å²) < 4.78 is 22.9. The van der Waals surface area contributed by atoms with Gasteiger partial charge in [-0.3, -0.25) is 0 Å². The van der Waals surface area contributed by atoms with Crippen LogP contribution < -0.4 is 15.7 Å². The lowest BCUT2D eigenvalue weighted by atomic mass is 10.2. The zero-order valence-corrected chi connectivity index (χ0v) is 24.1. The van der Waals surface area contributed by atoms with Crippen LogP contribution >= 0.6 is 0 Å². The summed E-state index contributed by atoms with van der Waals surface area (Å²) in [7, 11) is -1.68. The van der Waals surface area contributed by atoms with Crippen molar-refractivity contribution < 1.29 is 27.9 Å². The molecule has 0 radical (unpaired) electrons. The summed E-state index contributed by atoms with van der Waals surface area (Å²) in [5, 5.41) is 4.71. The SMILES string of the molecule is COC(=O)c1coc([C@H](CO[Si](c2ccccc2)(c2ccccc2)C(C)(C)C)NC(=O)OCc2ccccc2)n1. The Morgan fingerprint density at radius 2 is 1.45 bits per heavy atom. The van der Waals surface area contributed by atoms with E-state index in [1.54, 1.807) is 0 Å². The van der Waals surface area contributed by atoms with Crippen molar-refractivity contribution in [3.05, 3.63) is 114 Å². The van der Waals surface area contributed by atoms with E-state index in [0.29, 0.717) is 0 Å². The molecule has 0 aliphatic rings. The van der Waals surface area contributed by atoms with Crippen LogP contribution in [0.1, 0.15) is 48.8 Å². The van der Waals surface area contributed by atoms with Gasteiger partial charge >= 0.3 is 12.1 Å². The van der Waals surface area contributed by atoms with Crippen LogP contribution in [-0.2, 0) is 20.5 Å². The molecule has 8 nitrogen and oxygen atoms in total. The lowest BCUT2D eigenvalue weighted by Crippen LogP contribution is -2.67. The largest absolute Gasteiger partial charge is 0.464 e. The zero-order valence-electron chi connectivity index (χ0n) is 23.1. The van der Waals surface area contributed by atoms with E-state index in [2.05, 4.69) is 55.3 Å². The molecule has 0 aliphatic heterocycles. The molecule has 4 aromatic rings. The highest BCUT2D eigenvalue weighted by Gasteiger charge is 2.50. The first-order valence-corrected chi connectivity index (χ1v) is 14.9. The van der Waals surface area contributed by atoms with E-state index in [9.17, 15) is 9.59 Å². The van der Waals surface area contributed by atoms with E-state index in [0.717, 1.165) is 15.9 Å². The maximum atomic E-state index is 12.9. The Labute approximate surface area is 235 Å². The van der Waals surface area contributed by atoms with E-state index in [-0.39, 0.29) is 29.8 Å². The number of nitrogens with one attached hydrogen (secondary N) is 1. The van der Waals surface area contributed by atoms with E-state index >= 15 is 0 Å². The minimum Gasteiger partial charge on any atom is -0.464 e. The van der Waals surface area contributed by atoms with Gasteiger partial charge in [0, 0.05) is 0 Å². The molecular formula is C31H34N2O6Si. The van der Waals surface area contributed by atoms with Gasteiger partial charge in [0.25, 0.3) is 8.32 Å². The van der Waals surface area contributed by atoms with Gasteiger partial charge in [0.1, 0.15) is 18.9 Å². The van der Waals surface area contributed by atoms with Gasteiger partial charge in [0.2, 0.25) is 5.89 Å². The Morgan fingerprint density at radius 3 is 1.98 bits per heavy atom. The predicted octanol–water partition coefficient (Wildman–Crippen LogP) is 5.01. The van der Waals surface area contributed by atoms with Crippen LogP contribution in [0.15, 0.2) is 102 Å². The molecule has 1 N–H and O–H groups in total. The molecule has 0 saturated heterocycles. The first-order valence-electron chi connectivity index (χ1n) is 13.0. The molecule has 3 aromatic carbocycles. The van der Waals surface area contributed by atoms with Crippen LogP contribution in [-0.4, -0.2) is 39.1 Å². The quantitative estimate of drug-likeness (QED) is 0.216. The summed E-state index contributed by atoms with van der Waals surface area (Å²) in [5.41, 5.74) is 0.842. The first kappa shape index (κ1) is 28.8. The van der Waals surface area contributed by atoms with Gasteiger partial charge in [-0.1, -0.05) is 112 Å². The number of esters is 1. The molecule has 0 spiro atoms. The van der Waals surface area contributed by atoms with Crippen molar-refractivity contribution >= 4 is 30.8 Å². The third-order valence-electron chi connectivity index (χ3n) is 6.60. The van der Waals surface area contributed by atoms with Crippen LogP contribution in [0.3, 0.4) is 0 Å². The van der Waals surface area contributed by atoms with E-state index < -0.39 is 26.4 Å². The van der Waals surface area contributed by atoms with Crippen LogP contribution in [0.2, 0.25) is 5.04 Å². The number of oxazole rings is 1. The Bertz CT molecular complexity index is 1350. The first-order chi connectivity index (χ1) is 19.2. The molecule has 1 atom stereocenters. The summed E-state index contributed by atoms with van der Waals surface area (Å²) in [6.45, 7) is 6.60. The number of alkyl carbamates (subject to hydrolysis) is 1. The zero-order chi connectivity index (χ0) is 28.6. The molecule has 0 bridgehead atoms. The number of carbonyl (C=O) groups is 2. The highest BCUT2D eigenvalue weighted by Crippen LogP contribution is 2.37. The summed E-state index contributed by atoms with van der Waals surface area (Å²) in [5.74, 6) is -0.539. The standard InChI is InChI=1S/C31H34N2O6Si/c1-31(2,3)40(24-16-10-6-11-17-24,25-18-12-7-13-19-25)39-22-26(28-32-27(21-37-28)29(34)36-4)33-30(35)38-20-23-14-8-5-9-15-23/h5-19,21,26H,20,22H2,1-4H3,(H,33,35)/t26-/m0/s1. The van der Waals surface area contributed by atoms with Crippen LogP contribution in [0, 0.1) is 0 Å². The number of ether oxygens (including phenoxy) is 2. The number of rotatable bonds is 10. The molecule has 0 aliphatic carbocycles. The number of hydrogen-bond donors (Lipinski definition) is 1. The highest BCUT2D eigenvalue weighted by molar-refractivity contribution is 6.99. The molecule has 0 fully saturated rings. The number of benzene rings is 3. The summed E-state index contributed by atoms with van der Waals surface area (Å²) in [6.07, 6.45) is 0.534. The van der Waals surface area contributed by atoms with E-state index in [4.69, 9.17) is 18.3 Å². The van der Waals surface area contributed by atoms with Crippen LogP contribution in [0.4, 0.5) is 4.79 Å². The fourth-order valence-corrected chi connectivity index (χ4v) is 9.27. The lowest BCUT2D eigenvalue weighted by Gasteiger charge is -2.43. The fourth-order valence-electron chi connectivity index (χ4n) is 4.70. The van der Waals surface area contributed by atoms with Crippen molar-refractivity contribution in [2.24, 2.45) is 0 Å². The van der Waals surface area contributed by atoms with Crippen molar-refractivity contribution in [3.8, 4) is 0 Å². The number of carbonyl (C=O) groups excluding carboxylic acids is 2. The average molecular weight is 559 g/mol. The van der Waals surface area contributed by atoms with Crippen molar-refractivity contribution in [2.45, 2.75) is 38.5 Å². The fraction of sp³-hybridized carbons (Fsp3) is 0.258. The minimum absolute atomic E-state index is 0.00704. The van der Waals surface area contributed by atoms with Gasteiger partial charge in [-0.2, -0.15) is 0 Å². The number of methoxy groups -OCH3 is 1. The molecular weight excluding hydrogens is 524 g/mol. The van der Waals surface area contributed by atoms with Crippen molar-refractivity contribution in [2.75, 3.05) is 13.7 Å². The summed E-state index contributed by atoms with van der Waals surface area (Å²) in [4.78, 5) is 29.3. The Kier molecular flexibility index (Phi) is 9.18. The molecule has 40 heavy (non-hydrogen) atoms. The monoisotopic (exact) mass is 558 g/mol. The van der Waals surface area contributed by atoms with Crippen LogP contribution in [0.5, 0.6) is 0 Å². The topological polar surface area (TPSA) is 99.9 Å². The second-order valence-corrected chi connectivity index (χ2v) is 14.6. The highest BCUT2D eigenvalue weighted by atomic mass is 28.4. The van der Waals surface area contributed by atoms with E-state index in [1.165, 1.54) is 13.4 Å². The molecule has 0 unspecified atom stereocenters. The number of nitrogens with zero attached hydrogens (tertiary/aromatic N) is 1. The van der Waals surface area contributed by atoms with Gasteiger partial charge in [-0.25, -0.2) is 14.6 Å². The molecule has 208 valence electrons. The molecule has 1 aromatic heterocycles. The van der Waals surface area contributed by atoms with E-state index in [1.807, 2.05) is 66.7 Å². The Balaban J connectivity index is 1.67. The van der Waals surface area contributed by atoms with Crippen LogP contribution in [0.25, 0.3) is 0 Å². The Hall–Kier alpha value is -4.21. The molecule has 9 heteroatoms. The van der Waals surface area contributed by atoms with Gasteiger partial charge in [0.15, 0.2) is 5.69 Å². The smallest absolute Gasteiger partial charge is 0.408 e. The number of aromatic nitrogens is 1. The maximum Gasteiger partial charge on any atom is 0.408 e. The number of amides is 1. The molecule has 0 saturated carbocycles. The third kappa shape index (κ3) is 6.49. The van der Waals surface area contributed by atoms with Crippen molar-refractivity contribution in [3.63, 3.8) is 0 Å². The molecule has 1 heterocycles. The number of hydrogen-bond acceptors (Lipinski definition) is 7. The van der Waals surface area contributed by atoms with Crippen molar-refractivity contribution in [1.82, 2.24) is 10.3 Å². The average Bonchev–Trinajstić information content (AvgIpc) is 3.47. The maximum absolute atomic E-state index is 12.9. The van der Waals surface area contributed by atoms with Gasteiger partial charge < -0.3 is 23.6 Å². The van der Waals surface area contributed by atoms with Gasteiger partial charge in [-0.15, -0.1) is 0 Å². The normalized spacial score (nSPS) is 12.4. The Morgan fingerprint density at radius 1 is 0.900 bits per heavy atom.